The summed E-state index contributed by atoms with van der Waals surface area (Å²) in [6.45, 7) is 2.53. The van der Waals surface area contributed by atoms with Gasteiger partial charge in [-0.15, -0.1) is 0 Å². The maximum Gasteiger partial charge on any atom is 0.128 e. The lowest BCUT2D eigenvalue weighted by molar-refractivity contribution is 0.350. The number of rotatable bonds is 3. The average molecular weight is 272 g/mol. The predicted octanol–water partition coefficient (Wildman–Crippen LogP) is 2.62. The smallest absolute Gasteiger partial charge is 0.128 e. The number of aryl methyl sites for hydroxylation is 1. The molecule has 1 heterocycles. The van der Waals surface area contributed by atoms with Gasteiger partial charge in [-0.3, -0.25) is 5.84 Å². The molecule has 1 aliphatic rings. The fourth-order valence-electron chi connectivity index (χ4n) is 2.68. The van der Waals surface area contributed by atoms with Crippen molar-refractivity contribution in [3.05, 3.63) is 64.5 Å². The molecule has 3 rings (SSSR count). The number of para-hydroxylation sites is 1. The Kier molecular flexibility index (Phi) is 3.42. The standard InChI is InChI=1S/C16H17FN2O/c1-10-5-6-12(14(17)9-10)15(19-18)13-4-2-3-11-7-8-20-16(11)13/h2-6,9,15,19H,7-8,18H2,1H3. The van der Waals surface area contributed by atoms with Gasteiger partial charge in [0.2, 0.25) is 0 Å². The lowest BCUT2D eigenvalue weighted by atomic mass is 9.95. The third-order valence-electron chi connectivity index (χ3n) is 3.69. The van der Waals surface area contributed by atoms with Crippen LogP contribution in [0.3, 0.4) is 0 Å². The van der Waals surface area contributed by atoms with E-state index in [2.05, 4.69) is 5.43 Å². The topological polar surface area (TPSA) is 47.3 Å². The summed E-state index contributed by atoms with van der Waals surface area (Å²) in [5.41, 5.74) is 6.15. The van der Waals surface area contributed by atoms with Gasteiger partial charge in [-0.2, -0.15) is 0 Å². The molecule has 0 bridgehead atoms. The van der Waals surface area contributed by atoms with Gasteiger partial charge in [-0.05, 0) is 24.1 Å². The molecule has 4 heteroatoms. The Bertz CT molecular complexity index is 642. The Morgan fingerprint density at radius 1 is 1.25 bits per heavy atom. The van der Waals surface area contributed by atoms with Crippen LogP contribution < -0.4 is 16.0 Å². The molecule has 0 saturated heterocycles. The zero-order valence-electron chi connectivity index (χ0n) is 11.3. The summed E-state index contributed by atoms with van der Waals surface area (Å²) in [7, 11) is 0. The summed E-state index contributed by atoms with van der Waals surface area (Å²) in [5.74, 6) is 6.23. The molecule has 0 aromatic heterocycles. The van der Waals surface area contributed by atoms with Crippen molar-refractivity contribution in [3.63, 3.8) is 0 Å². The number of hydrazine groups is 1. The number of halogens is 1. The molecule has 0 spiro atoms. The van der Waals surface area contributed by atoms with Crippen molar-refractivity contribution in [2.24, 2.45) is 5.84 Å². The fourth-order valence-corrected chi connectivity index (χ4v) is 2.68. The number of nitrogens with two attached hydrogens (primary N) is 1. The molecule has 1 unspecified atom stereocenters. The Hall–Kier alpha value is -1.91. The highest BCUT2D eigenvalue weighted by Crippen LogP contribution is 2.36. The van der Waals surface area contributed by atoms with Crippen molar-refractivity contribution in [1.29, 1.82) is 0 Å². The van der Waals surface area contributed by atoms with E-state index >= 15 is 0 Å². The summed E-state index contributed by atoms with van der Waals surface area (Å²) in [6, 6.07) is 10.7. The Morgan fingerprint density at radius 3 is 2.85 bits per heavy atom. The highest BCUT2D eigenvalue weighted by molar-refractivity contribution is 5.49. The molecule has 20 heavy (non-hydrogen) atoms. The van der Waals surface area contributed by atoms with Gasteiger partial charge in [-0.25, -0.2) is 9.82 Å². The summed E-state index contributed by atoms with van der Waals surface area (Å²) >= 11 is 0. The SMILES string of the molecule is Cc1ccc(C(NN)c2cccc3c2OCC3)c(F)c1. The van der Waals surface area contributed by atoms with E-state index < -0.39 is 6.04 Å². The maximum absolute atomic E-state index is 14.2. The van der Waals surface area contributed by atoms with Gasteiger partial charge in [0.05, 0.1) is 12.6 Å². The summed E-state index contributed by atoms with van der Waals surface area (Å²) < 4.78 is 19.9. The number of nitrogens with one attached hydrogen (secondary N) is 1. The molecule has 3 N–H and O–H groups in total. The van der Waals surface area contributed by atoms with E-state index in [1.54, 1.807) is 6.07 Å². The molecule has 0 amide bonds. The van der Waals surface area contributed by atoms with Crippen LogP contribution in [0.4, 0.5) is 4.39 Å². The minimum absolute atomic E-state index is 0.261. The van der Waals surface area contributed by atoms with Crippen LogP contribution in [0.2, 0.25) is 0 Å². The molecular weight excluding hydrogens is 255 g/mol. The van der Waals surface area contributed by atoms with Crippen LogP contribution in [0.5, 0.6) is 5.75 Å². The summed E-state index contributed by atoms with van der Waals surface area (Å²) in [4.78, 5) is 0. The molecule has 0 saturated carbocycles. The second kappa shape index (κ2) is 5.23. The largest absolute Gasteiger partial charge is 0.493 e. The first-order valence-electron chi connectivity index (χ1n) is 6.67. The van der Waals surface area contributed by atoms with Crippen LogP contribution in [0.1, 0.15) is 28.3 Å². The van der Waals surface area contributed by atoms with E-state index in [4.69, 9.17) is 10.6 Å². The molecule has 0 aliphatic carbocycles. The van der Waals surface area contributed by atoms with Crippen molar-refractivity contribution >= 4 is 0 Å². The minimum atomic E-state index is -0.413. The van der Waals surface area contributed by atoms with Gasteiger partial charge in [0.15, 0.2) is 0 Å². The Labute approximate surface area is 117 Å². The van der Waals surface area contributed by atoms with Crippen molar-refractivity contribution < 1.29 is 9.13 Å². The van der Waals surface area contributed by atoms with Crippen molar-refractivity contribution in [2.75, 3.05) is 6.61 Å². The number of benzene rings is 2. The molecule has 104 valence electrons. The van der Waals surface area contributed by atoms with Crippen molar-refractivity contribution in [3.8, 4) is 5.75 Å². The molecular formula is C16H17FN2O. The van der Waals surface area contributed by atoms with Crippen LogP contribution in [0, 0.1) is 12.7 Å². The normalized spacial score (nSPS) is 14.8. The van der Waals surface area contributed by atoms with E-state index in [1.807, 2.05) is 31.2 Å². The van der Waals surface area contributed by atoms with E-state index in [-0.39, 0.29) is 5.82 Å². The van der Waals surface area contributed by atoms with Gasteiger partial charge in [0.1, 0.15) is 11.6 Å². The monoisotopic (exact) mass is 272 g/mol. The second-order valence-corrected chi connectivity index (χ2v) is 5.06. The van der Waals surface area contributed by atoms with E-state index in [1.165, 1.54) is 6.07 Å². The molecule has 1 atom stereocenters. The molecule has 1 aliphatic heterocycles. The maximum atomic E-state index is 14.2. The molecule has 3 nitrogen and oxygen atoms in total. The first-order chi connectivity index (χ1) is 9.70. The number of hydrogen-bond acceptors (Lipinski definition) is 3. The van der Waals surface area contributed by atoms with Crippen molar-refractivity contribution in [2.45, 2.75) is 19.4 Å². The van der Waals surface area contributed by atoms with E-state index in [9.17, 15) is 4.39 Å². The molecule has 2 aromatic rings. The lowest BCUT2D eigenvalue weighted by Gasteiger charge is -2.20. The first kappa shape index (κ1) is 13.1. The van der Waals surface area contributed by atoms with E-state index in [0.717, 1.165) is 28.9 Å². The summed E-state index contributed by atoms with van der Waals surface area (Å²) in [6.07, 6.45) is 0.886. The summed E-state index contributed by atoms with van der Waals surface area (Å²) in [5, 5.41) is 0. The van der Waals surface area contributed by atoms with Crippen LogP contribution in [-0.2, 0) is 6.42 Å². The van der Waals surface area contributed by atoms with Gasteiger partial charge >= 0.3 is 0 Å². The van der Waals surface area contributed by atoms with E-state index in [0.29, 0.717) is 12.2 Å². The fraction of sp³-hybridized carbons (Fsp3) is 0.250. The second-order valence-electron chi connectivity index (χ2n) is 5.06. The van der Waals surface area contributed by atoms with Gasteiger partial charge in [0.25, 0.3) is 0 Å². The zero-order chi connectivity index (χ0) is 14.1. The lowest BCUT2D eigenvalue weighted by Crippen LogP contribution is -2.29. The average Bonchev–Trinajstić information content (AvgIpc) is 2.91. The van der Waals surface area contributed by atoms with Gasteiger partial charge < -0.3 is 4.74 Å². The number of fused-ring (bicyclic) bond motifs is 1. The highest BCUT2D eigenvalue weighted by atomic mass is 19.1. The first-order valence-corrected chi connectivity index (χ1v) is 6.67. The third-order valence-corrected chi connectivity index (χ3v) is 3.69. The quantitative estimate of drug-likeness (QED) is 0.667. The van der Waals surface area contributed by atoms with Crippen LogP contribution in [-0.4, -0.2) is 6.61 Å². The van der Waals surface area contributed by atoms with Crippen LogP contribution in [0.15, 0.2) is 36.4 Å². The van der Waals surface area contributed by atoms with Gasteiger partial charge in [-0.1, -0.05) is 30.3 Å². The van der Waals surface area contributed by atoms with Crippen LogP contribution >= 0.6 is 0 Å². The molecule has 0 radical (unpaired) electrons. The van der Waals surface area contributed by atoms with Crippen molar-refractivity contribution in [1.82, 2.24) is 5.43 Å². The number of hydrogen-bond donors (Lipinski definition) is 2. The predicted molar refractivity (Wildman–Crippen MR) is 75.9 cm³/mol. The Morgan fingerprint density at radius 2 is 2.10 bits per heavy atom. The highest BCUT2D eigenvalue weighted by Gasteiger charge is 2.24. The minimum Gasteiger partial charge on any atom is -0.493 e. The Balaban J connectivity index is 2.09. The van der Waals surface area contributed by atoms with Gasteiger partial charge in [0, 0.05) is 17.5 Å². The zero-order valence-corrected chi connectivity index (χ0v) is 11.3. The molecule has 2 aromatic carbocycles. The molecule has 0 fully saturated rings. The number of ether oxygens (including phenoxy) is 1. The van der Waals surface area contributed by atoms with Crippen LogP contribution in [0.25, 0.3) is 0 Å². The third kappa shape index (κ3) is 2.17.